The normalized spacial score (nSPS) is 10.9. The molecular formula is C13H14O3S. The SMILES string of the molecule is CC(C)(CC(=O)c1ccc(C=S)cc1)C(=O)O. The third kappa shape index (κ3) is 3.46. The van der Waals surface area contributed by atoms with Crippen molar-refractivity contribution in [1.29, 1.82) is 0 Å². The predicted octanol–water partition coefficient (Wildman–Crippen LogP) is 2.72. The number of rotatable bonds is 5. The molecule has 0 spiro atoms. The molecule has 0 bridgehead atoms. The van der Waals surface area contributed by atoms with Gasteiger partial charge >= 0.3 is 5.97 Å². The fourth-order valence-corrected chi connectivity index (χ4v) is 1.48. The molecule has 1 N–H and O–H groups in total. The van der Waals surface area contributed by atoms with Crippen LogP contribution in [0.1, 0.15) is 36.2 Å². The summed E-state index contributed by atoms with van der Waals surface area (Å²) in [6.45, 7) is 3.08. The minimum Gasteiger partial charge on any atom is -0.481 e. The molecule has 3 nitrogen and oxygen atoms in total. The fraction of sp³-hybridized carbons (Fsp3) is 0.308. The first-order valence-corrected chi connectivity index (χ1v) is 5.66. The molecule has 0 fully saturated rings. The number of ketones is 1. The molecule has 17 heavy (non-hydrogen) atoms. The van der Waals surface area contributed by atoms with Crippen LogP contribution in [-0.2, 0) is 4.79 Å². The minimum atomic E-state index is -1.04. The van der Waals surface area contributed by atoms with Crippen molar-refractivity contribution in [3.8, 4) is 0 Å². The van der Waals surface area contributed by atoms with E-state index in [4.69, 9.17) is 17.3 Å². The zero-order valence-corrected chi connectivity index (χ0v) is 10.6. The lowest BCUT2D eigenvalue weighted by atomic mass is 9.85. The summed E-state index contributed by atoms with van der Waals surface area (Å²) in [5, 5.41) is 10.5. The Bertz CT molecular complexity index is 446. The maximum Gasteiger partial charge on any atom is 0.309 e. The van der Waals surface area contributed by atoms with Crippen LogP contribution in [0.4, 0.5) is 0 Å². The number of Topliss-reactive ketones (excluding diaryl/α,β-unsaturated/α-hetero) is 1. The first-order valence-electron chi connectivity index (χ1n) is 5.18. The molecule has 0 saturated carbocycles. The largest absolute Gasteiger partial charge is 0.481 e. The summed E-state index contributed by atoms with van der Waals surface area (Å²) in [5.74, 6) is -1.14. The van der Waals surface area contributed by atoms with E-state index in [0.29, 0.717) is 5.56 Å². The number of hydrogen-bond acceptors (Lipinski definition) is 3. The molecule has 90 valence electrons. The van der Waals surface area contributed by atoms with Gasteiger partial charge in [-0.2, -0.15) is 0 Å². The van der Waals surface area contributed by atoms with E-state index < -0.39 is 11.4 Å². The highest BCUT2D eigenvalue weighted by Crippen LogP contribution is 2.23. The number of carboxylic acid groups (broad SMARTS) is 1. The highest BCUT2D eigenvalue weighted by atomic mass is 32.1. The number of carbonyl (C=O) groups excluding carboxylic acids is 1. The lowest BCUT2D eigenvalue weighted by Gasteiger charge is -2.17. The number of benzene rings is 1. The van der Waals surface area contributed by atoms with Gasteiger partial charge in [0.05, 0.1) is 5.41 Å². The van der Waals surface area contributed by atoms with Gasteiger partial charge in [0, 0.05) is 17.4 Å². The Kier molecular flexibility index (Phi) is 4.12. The molecule has 0 aromatic heterocycles. The van der Waals surface area contributed by atoms with Crippen LogP contribution >= 0.6 is 12.2 Å². The third-order valence-corrected chi connectivity index (χ3v) is 2.82. The summed E-state index contributed by atoms with van der Waals surface area (Å²) >= 11 is 4.76. The topological polar surface area (TPSA) is 54.4 Å². The molecule has 0 aliphatic rings. The molecule has 0 heterocycles. The van der Waals surface area contributed by atoms with Gasteiger partial charge in [0.2, 0.25) is 0 Å². The minimum absolute atomic E-state index is 0.0146. The van der Waals surface area contributed by atoms with Gasteiger partial charge in [0.15, 0.2) is 5.78 Å². The van der Waals surface area contributed by atoms with Crippen LogP contribution in [0.5, 0.6) is 0 Å². The maximum absolute atomic E-state index is 11.9. The first-order chi connectivity index (χ1) is 7.86. The molecule has 0 radical (unpaired) electrons. The summed E-state index contributed by atoms with van der Waals surface area (Å²) in [6, 6.07) is 6.82. The number of hydrogen-bond donors (Lipinski definition) is 1. The average molecular weight is 250 g/mol. The predicted molar refractivity (Wildman–Crippen MR) is 69.6 cm³/mol. The van der Waals surface area contributed by atoms with E-state index in [2.05, 4.69) is 0 Å². The van der Waals surface area contributed by atoms with E-state index in [1.807, 2.05) is 0 Å². The van der Waals surface area contributed by atoms with E-state index in [9.17, 15) is 9.59 Å². The quantitative estimate of drug-likeness (QED) is 0.645. The van der Waals surface area contributed by atoms with Crippen LogP contribution in [0.15, 0.2) is 24.3 Å². The van der Waals surface area contributed by atoms with Crippen LogP contribution < -0.4 is 0 Å². The molecular weight excluding hydrogens is 236 g/mol. The van der Waals surface area contributed by atoms with Crippen LogP contribution in [-0.4, -0.2) is 22.2 Å². The van der Waals surface area contributed by atoms with E-state index in [1.54, 1.807) is 38.1 Å². The molecule has 1 aromatic carbocycles. The Hall–Kier alpha value is -1.55. The molecule has 0 aliphatic carbocycles. The summed E-state index contributed by atoms with van der Waals surface area (Å²) in [7, 11) is 0. The van der Waals surface area contributed by atoms with Crippen molar-refractivity contribution in [2.45, 2.75) is 20.3 Å². The first kappa shape index (κ1) is 13.5. The zero-order chi connectivity index (χ0) is 13.1. The highest BCUT2D eigenvalue weighted by molar-refractivity contribution is 7.79. The van der Waals surface area contributed by atoms with E-state index in [-0.39, 0.29) is 12.2 Å². The molecule has 1 rings (SSSR count). The molecule has 0 unspecified atom stereocenters. The highest BCUT2D eigenvalue weighted by Gasteiger charge is 2.30. The van der Waals surface area contributed by atoms with Crippen molar-refractivity contribution < 1.29 is 14.7 Å². The van der Waals surface area contributed by atoms with Crippen LogP contribution in [0.2, 0.25) is 0 Å². The van der Waals surface area contributed by atoms with Gasteiger partial charge in [-0.1, -0.05) is 36.5 Å². The van der Waals surface area contributed by atoms with Crippen LogP contribution in [0.25, 0.3) is 0 Å². The second-order valence-electron chi connectivity index (χ2n) is 4.53. The molecule has 0 amide bonds. The Balaban J connectivity index is 2.83. The van der Waals surface area contributed by atoms with E-state index in [1.165, 1.54) is 5.37 Å². The summed E-state index contributed by atoms with van der Waals surface area (Å²) in [4.78, 5) is 22.8. The van der Waals surface area contributed by atoms with Crippen molar-refractivity contribution in [2.24, 2.45) is 5.41 Å². The molecule has 0 atom stereocenters. The second kappa shape index (κ2) is 5.19. The monoisotopic (exact) mass is 250 g/mol. The smallest absolute Gasteiger partial charge is 0.309 e. The van der Waals surface area contributed by atoms with Gasteiger partial charge < -0.3 is 5.11 Å². The standard InChI is InChI=1S/C13H14O3S/c1-13(2,12(15)16)7-11(14)10-5-3-9(8-17)4-6-10/h3-6,8H,7H2,1-2H3,(H,15,16). The number of aliphatic carboxylic acids is 1. The van der Waals surface area contributed by atoms with Crippen molar-refractivity contribution in [2.75, 3.05) is 0 Å². The fourth-order valence-electron chi connectivity index (χ4n) is 1.33. The summed E-state index contributed by atoms with van der Waals surface area (Å²) in [5.41, 5.74) is 0.328. The van der Waals surface area contributed by atoms with E-state index in [0.717, 1.165) is 5.56 Å². The van der Waals surface area contributed by atoms with Gasteiger partial charge in [0.1, 0.15) is 0 Å². The number of thiocarbonyl (C=S) groups is 1. The molecule has 4 heteroatoms. The molecule has 0 saturated heterocycles. The van der Waals surface area contributed by atoms with Crippen molar-refractivity contribution in [3.63, 3.8) is 0 Å². The average Bonchev–Trinajstić information content (AvgIpc) is 2.28. The number of carbonyl (C=O) groups is 2. The number of carboxylic acids is 1. The summed E-state index contributed by atoms with van der Waals surface area (Å²) in [6.07, 6.45) is -0.0146. The van der Waals surface area contributed by atoms with E-state index >= 15 is 0 Å². The van der Waals surface area contributed by atoms with Crippen molar-refractivity contribution >= 4 is 29.3 Å². The third-order valence-electron chi connectivity index (χ3n) is 2.55. The molecule has 0 aliphatic heterocycles. The maximum atomic E-state index is 11.9. The summed E-state index contributed by atoms with van der Waals surface area (Å²) < 4.78 is 0. The Morgan fingerprint density at radius 3 is 2.24 bits per heavy atom. The van der Waals surface area contributed by atoms with Crippen LogP contribution in [0.3, 0.4) is 0 Å². The lowest BCUT2D eigenvalue weighted by molar-refractivity contribution is -0.146. The molecule has 1 aromatic rings. The second-order valence-corrected chi connectivity index (χ2v) is 4.76. The van der Waals surface area contributed by atoms with Crippen molar-refractivity contribution in [1.82, 2.24) is 0 Å². The van der Waals surface area contributed by atoms with Gasteiger partial charge in [-0.05, 0) is 19.4 Å². The Morgan fingerprint density at radius 2 is 1.82 bits per heavy atom. The van der Waals surface area contributed by atoms with Gasteiger partial charge in [-0.3, -0.25) is 9.59 Å². The van der Waals surface area contributed by atoms with Gasteiger partial charge in [0.25, 0.3) is 0 Å². The van der Waals surface area contributed by atoms with Crippen molar-refractivity contribution in [3.05, 3.63) is 35.4 Å². The van der Waals surface area contributed by atoms with Crippen LogP contribution in [0, 0.1) is 5.41 Å². The van der Waals surface area contributed by atoms with Gasteiger partial charge in [-0.15, -0.1) is 0 Å². The zero-order valence-electron chi connectivity index (χ0n) is 9.77. The lowest BCUT2D eigenvalue weighted by Crippen LogP contribution is -2.26. The Morgan fingerprint density at radius 1 is 1.29 bits per heavy atom. The van der Waals surface area contributed by atoms with Gasteiger partial charge in [-0.25, -0.2) is 0 Å². The Labute approximate surface area is 105 Å².